The van der Waals surface area contributed by atoms with Gasteiger partial charge in [0.1, 0.15) is 28.9 Å². The number of carbonyl (C=O) groups excluding carboxylic acids is 2. The number of rotatable bonds is 6. The van der Waals surface area contributed by atoms with Crippen LogP contribution < -0.4 is 20.7 Å². The third-order valence-electron chi connectivity index (χ3n) is 5.46. The molecule has 0 aliphatic heterocycles. The average molecular weight is 539 g/mol. The van der Waals surface area contributed by atoms with Gasteiger partial charge in [-0.3, -0.25) is 10.1 Å². The molecule has 0 atom stereocenters. The van der Waals surface area contributed by atoms with Crippen molar-refractivity contribution in [3.8, 4) is 17.6 Å². The lowest BCUT2D eigenvalue weighted by Crippen LogP contribution is -2.20. The van der Waals surface area contributed by atoms with Gasteiger partial charge in [0.05, 0.1) is 15.8 Å². The van der Waals surface area contributed by atoms with Crippen LogP contribution in [0.1, 0.15) is 24.0 Å². The molecule has 3 N–H and O–H groups in total. The van der Waals surface area contributed by atoms with Crippen LogP contribution in [0.15, 0.2) is 54.7 Å². The van der Waals surface area contributed by atoms with Crippen LogP contribution in [-0.2, 0) is 11.0 Å². The summed E-state index contributed by atoms with van der Waals surface area (Å²) in [6.45, 7) is 0. The molecule has 4 aromatic rings. The molecule has 192 valence electrons. The number of nitriles is 1. The van der Waals surface area contributed by atoms with Crippen LogP contribution >= 0.6 is 11.3 Å². The van der Waals surface area contributed by atoms with E-state index >= 15 is 0 Å². The number of carbonyl (C=O) groups is 2. The molecular weight excluding hydrogens is 521 g/mol. The molecule has 9 nitrogen and oxygen atoms in total. The minimum atomic E-state index is -4.53. The summed E-state index contributed by atoms with van der Waals surface area (Å²) in [5.74, 6) is 0.455. The Hall–Kier alpha value is -4.70. The molecule has 1 aliphatic carbocycles. The molecule has 2 aromatic heterocycles. The molecule has 0 saturated heterocycles. The smallest absolute Gasteiger partial charge is 0.417 e. The number of nitrogens with zero attached hydrogens (tertiary/aromatic N) is 3. The fraction of sp³-hybridized carbons (Fsp3) is 0.160. The highest BCUT2D eigenvalue weighted by Gasteiger charge is 2.31. The molecule has 0 bridgehead atoms. The molecule has 5 rings (SSSR count). The van der Waals surface area contributed by atoms with Gasteiger partial charge in [0, 0.05) is 23.9 Å². The number of halogens is 3. The van der Waals surface area contributed by atoms with Crippen molar-refractivity contribution in [3.05, 3.63) is 65.9 Å². The predicted octanol–water partition coefficient (Wildman–Crippen LogP) is 6.37. The van der Waals surface area contributed by atoms with Gasteiger partial charge in [-0.15, -0.1) is 0 Å². The monoisotopic (exact) mass is 538 g/mol. The quantitative estimate of drug-likeness (QED) is 0.262. The fourth-order valence-corrected chi connectivity index (χ4v) is 4.41. The highest BCUT2D eigenvalue weighted by molar-refractivity contribution is 7.22. The van der Waals surface area contributed by atoms with Crippen LogP contribution in [0.2, 0.25) is 0 Å². The summed E-state index contributed by atoms with van der Waals surface area (Å²) in [6, 6.07) is 12.9. The maximum Gasteiger partial charge on any atom is 0.417 e. The van der Waals surface area contributed by atoms with Gasteiger partial charge in [0.15, 0.2) is 5.13 Å². The first-order valence-corrected chi connectivity index (χ1v) is 12.0. The van der Waals surface area contributed by atoms with Crippen molar-refractivity contribution in [1.29, 1.82) is 5.26 Å². The minimum absolute atomic E-state index is 0.0190. The second kappa shape index (κ2) is 9.98. The topological polar surface area (TPSA) is 129 Å². The molecule has 1 saturated carbocycles. The first kappa shape index (κ1) is 25.0. The van der Waals surface area contributed by atoms with Gasteiger partial charge >= 0.3 is 12.2 Å². The average Bonchev–Trinajstić information content (AvgIpc) is 3.64. The summed E-state index contributed by atoms with van der Waals surface area (Å²) in [5, 5.41) is 17.9. The molecule has 0 unspecified atom stereocenters. The van der Waals surface area contributed by atoms with Crippen LogP contribution in [0.5, 0.6) is 11.5 Å². The lowest BCUT2D eigenvalue weighted by atomic mass is 10.2. The standard InChI is InChI=1S/C25H17F3N6O3S/c26-25(27,28)14-6-9-20(30-12-14)33-23(36)31-15-2-1-3-16(10-15)37-19-8-7-18-21(17(19)11-29)38-24(32-18)34-22(35)13-4-5-13/h1-3,6-10,12-13H,4-5H2,(H,32,34,35)(H2,30,31,33,36). The second-order valence-electron chi connectivity index (χ2n) is 8.32. The van der Waals surface area contributed by atoms with Gasteiger partial charge in [0.2, 0.25) is 5.91 Å². The molecule has 13 heteroatoms. The number of hydrogen-bond donors (Lipinski definition) is 3. The number of ether oxygens (including phenoxy) is 1. The minimum Gasteiger partial charge on any atom is -0.456 e. The molecule has 3 amide bonds. The lowest BCUT2D eigenvalue weighted by molar-refractivity contribution is -0.137. The van der Waals surface area contributed by atoms with Gasteiger partial charge in [0.25, 0.3) is 0 Å². The number of hydrogen-bond acceptors (Lipinski definition) is 7. The Kier molecular flexibility index (Phi) is 6.56. The molecule has 0 radical (unpaired) electrons. The number of urea groups is 1. The third kappa shape index (κ3) is 5.65. The summed E-state index contributed by atoms with van der Waals surface area (Å²) in [4.78, 5) is 32.3. The lowest BCUT2D eigenvalue weighted by Gasteiger charge is -2.11. The molecule has 1 fully saturated rings. The van der Waals surface area contributed by atoms with E-state index in [4.69, 9.17) is 4.74 Å². The Balaban J connectivity index is 1.28. The van der Waals surface area contributed by atoms with Crippen molar-refractivity contribution in [2.24, 2.45) is 5.92 Å². The molecule has 38 heavy (non-hydrogen) atoms. The van der Waals surface area contributed by atoms with E-state index in [0.29, 0.717) is 33.0 Å². The summed E-state index contributed by atoms with van der Waals surface area (Å²) in [5.41, 5.74) is 0.195. The van der Waals surface area contributed by atoms with Gasteiger partial charge in [-0.05, 0) is 49.2 Å². The normalized spacial score (nSPS) is 13.0. The Morgan fingerprint density at radius 2 is 1.89 bits per heavy atom. The zero-order chi connectivity index (χ0) is 26.9. The van der Waals surface area contributed by atoms with E-state index in [9.17, 15) is 28.0 Å². The van der Waals surface area contributed by atoms with Gasteiger partial charge in [-0.25, -0.2) is 14.8 Å². The van der Waals surface area contributed by atoms with Crippen molar-refractivity contribution in [3.63, 3.8) is 0 Å². The van der Waals surface area contributed by atoms with Crippen molar-refractivity contribution in [2.45, 2.75) is 19.0 Å². The molecule has 2 heterocycles. The number of thiazole rings is 1. The Morgan fingerprint density at radius 3 is 2.58 bits per heavy atom. The Bertz CT molecular complexity index is 1580. The molecule has 0 spiro atoms. The summed E-state index contributed by atoms with van der Waals surface area (Å²) < 4.78 is 44.5. The second-order valence-corrected chi connectivity index (χ2v) is 9.32. The first-order valence-electron chi connectivity index (χ1n) is 11.2. The third-order valence-corrected chi connectivity index (χ3v) is 6.47. The number of pyridine rings is 1. The number of aromatic nitrogens is 2. The molecule has 1 aliphatic rings. The number of anilines is 3. The van der Waals surface area contributed by atoms with E-state index < -0.39 is 17.8 Å². The largest absolute Gasteiger partial charge is 0.456 e. The highest BCUT2D eigenvalue weighted by atomic mass is 32.1. The van der Waals surface area contributed by atoms with Crippen molar-refractivity contribution in [2.75, 3.05) is 16.0 Å². The van der Waals surface area contributed by atoms with E-state index in [1.165, 1.54) is 17.4 Å². The van der Waals surface area contributed by atoms with Gasteiger partial charge in [-0.2, -0.15) is 18.4 Å². The predicted molar refractivity (Wildman–Crippen MR) is 134 cm³/mol. The van der Waals surface area contributed by atoms with Crippen molar-refractivity contribution >= 4 is 50.1 Å². The fourth-order valence-electron chi connectivity index (χ4n) is 3.45. The van der Waals surface area contributed by atoms with E-state index in [-0.39, 0.29) is 29.0 Å². The van der Waals surface area contributed by atoms with E-state index in [1.807, 2.05) is 0 Å². The summed E-state index contributed by atoms with van der Waals surface area (Å²) >= 11 is 1.18. The maximum absolute atomic E-state index is 12.7. The van der Waals surface area contributed by atoms with E-state index in [2.05, 4.69) is 32.0 Å². The number of nitrogens with one attached hydrogen (secondary N) is 3. The number of benzene rings is 2. The summed E-state index contributed by atoms with van der Waals surface area (Å²) in [6.07, 6.45) is -2.18. The first-order chi connectivity index (χ1) is 18.2. The number of amides is 3. The van der Waals surface area contributed by atoms with Gasteiger partial charge < -0.3 is 15.4 Å². The number of fused-ring (bicyclic) bond motifs is 1. The van der Waals surface area contributed by atoms with Crippen LogP contribution in [-0.4, -0.2) is 21.9 Å². The zero-order valence-corrected chi connectivity index (χ0v) is 20.1. The maximum atomic E-state index is 12.7. The van der Waals surface area contributed by atoms with Crippen LogP contribution in [0.3, 0.4) is 0 Å². The van der Waals surface area contributed by atoms with E-state index in [1.54, 1.807) is 30.3 Å². The van der Waals surface area contributed by atoms with Crippen molar-refractivity contribution in [1.82, 2.24) is 9.97 Å². The molecular formula is C25H17F3N6O3S. The molecule has 2 aromatic carbocycles. The van der Waals surface area contributed by atoms with Crippen LogP contribution in [0.25, 0.3) is 10.2 Å². The zero-order valence-electron chi connectivity index (χ0n) is 19.3. The van der Waals surface area contributed by atoms with Crippen LogP contribution in [0.4, 0.5) is 34.6 Å². The Morgan fingerprint density at radius 1 is 1.08 bits per heavy atom. The van der Waals surface area contributed by atoms with E-state index in [0.717, 1.165) is 25.0 Å². The number of alkyl halides is 3. The SMILES string of the molecule is N#Cc1c(Oc2cccc(NC(=O)Nc3ccc(C(F)(F)F)cn3)c2)ccc2nc(NC(=O)C3CC3)sc12. The Labute approximate surface area is 217 Å². The van der Waals surface area contributed by atoms with Crippen molar-refractivity contribution < 1.29 is 27.5 Å². The van der Waals surface area contributed by atoms with Crippen LogP contribution in [0, 0.1) is 17.2 Å². The van der Waals surface area contributed by atoms with Gasteiger partial charge in [-0.1, -0.05) is 17.4 Å². The summed E-state index contributed by atoms with van der Waals surface area (Å²) in [7, 11) is 0. The highest BCUT2D eigenvalue weighted by Crippen LogP contribution is 2.37.